The number of hydrazone groups is 1. The highest BCUT2D eigenvalue weighted by Gasteiger charge is 2.63. The van der Waals surface area contributed by atoms with Crippen molar-refractivity contribution in [3.05, 3.63) is 65.5 Å². The summed E-state index contributed by atoms with van der Waals surface area (Å²) in [6.07, 6.45) is -6.13. The Labute approximate surface area is 157 Å². The normalized spacial score (nSPS) is 19.5. The highest BCUT2D eigenvalue weighted by atomic mass is 19.4. The lowest BCUT2D eigenvalue weighted by atomic mass is 10.0. The van der Waals surface area contributed by atoms with Crippen LogP contribution in [0.15, 0.2) is 53.6 Å². The van der Waals surface area contributed by atoms with Gasteiger partial charge in [0.15, 0.2) is 6.61 Å². The molecule has 3 rings (SSSR count). The Hall–Kier alpha value is -2.94. The lowest BCUT2D eigenvalue weighted by Gasteiger charge is -2.32. The highest BCUT2D eigenvalue weighted by molar-refractivity contribution is 6.03. The van der Waals surface area contributed by atoms with E-state index in [1.165, 1.54) is 12.1 Å². The number of carbonyl (C=O) groups excluding carboxylic acids is 1. The van der Waals surface area contributed by atoms with Crippen LogP contribution in [0.4, 0.5) is 17.6 Å². The van der Waals surface area contributed by atoms with Crippen molar-refractivity contribution in [3.63, 3.8) is 0 Å². The van der Waals surface area contributed by atoms with Crippen molar-refractivity contribution in [1.29, 1.82) is 0 Å². The summed E-state index contributed by atoms with van der Waals surface area (Å²) in [5.74, 6) is -1.42. The number of rotatable bonds is 4. The first kappa shape index (κ1) is 19.8. The molecule has 0 saturated carbocycles. The zero-order chi connectivity index (χ0) is 20.5. The van der Waals surface area contributed by atoms with E-state index in [1.54, 1.807) is 31.2 Å². The molecule has 1 heterocycles. The molecule has 0 unspecified atom stereocenters. The van der Waals surface area contributed by atoms with Gasteiger partial charge < -0.3 is 9.84 Å². The van der Waals surface area contributed by atoms with Crippen molar-refractivity contribution >= 4 is 11.6 Å². The average Bonchev–Trinajstić information content (AvgIpc) is 3.00. The summed E-state index contributed by atoms with van der Waals surface area (Å²) in [6.45, 7) is 0.968. The number of aliphatic hydroxyl groups is 1. The second-order valence-corrected chi connectivity index (χ2v) is 6.30. The Balaban J connectivity index is 1.86. The second kappa shape index (κ2) is 7.23. The van der Waals surface area contributed by atoms with E-state index in [9.17, 15) is 27.5 Å². The van der Waals surface area contributed by atoms with Gasteiger partial charge in [0.1, 0.15) is 11.6 Å². The van der Waals surface area contributed by atoms with Crippen molar-refractivity contribution < 1.29 is 32.2 Å². The van der Waals surface area contributed by atoms with Gasteiger partial charge in [0.05, 0.1) is 12.1 Å². The summed E-state index contributed by atoms with van der Waals surface area (Å²) in [5, 5.41) is 13.9. The number of nitrogens with zero attached hydrogens (tertiary/aromatic N) is 2. The maximum Gasteiger partial charge on any atom is 0.438 e. The van der Waals surface area contributed by atoms with Gasteiger partial charge in [-0.25, -0.2) is 4.39 Å². The van der Waals surface area contributed by atoms with Gasteiger partial charge in [-0.2, -0.15) is 23.3 Å². The predicted molar refractivity (Wildman–Crippen MR) is 92.1 cm³/mol. The topological polar surface area (TPSA) is 62.1 Å². The van der Waals surface area contributed by atoms with Crippen molar-refractivity contribution in [3.8, 4) is 5.75 Å². The van der Waals surface area contributed by atoms with Crippen LogP contribution in [0.3, 0.4) is 0 Å². The molecule has 0 saturated heterocycles. The Morgan fingerprint density at radius 2 is 1.86 bits per heavy atom. The number of para-hydroxylation sites is 1. The number of hydrogen-bond donors (Lipinski definition) is 1. The van der Waals surface area contributed by atoms with E-state index in [0.717, 1.165) is 12.1 Å². The molecular formula is C19H16F4N2O3. The summed E-state index contributed by atoms with van der Waals surface area (Å²) >= 11 is 0. The summed E-state index contributed by atoms with van der Waals surface area (Å²) in [6, 6.07) is 11.2. The predicted octanol–water partition coefficient (Wildman–Crippen LogP) is 3.40. The second-order valence-electron chi connectivity index (χ2n) is 6.30. The molecule has 0 spiro atoms. The first-order valence-electron chi connectivity index (χ1n) is 8.26. The van der Waals surface area contributed by atoms with Crippen molar-refractivity contribution in [2.75, 3.05) is 6.61 Å². The van der Waals surface area contributed by atoms with E-state index in [-0.39, 0.29) is 16.3 Å². The summed E-state index contributed by atoms with van der Waals surface area (Å²) in [5.41, 5.74) is -2.84. The number of aryl methyl sites for hydroxylation is 1. The molecule has 9 heteroatoms. The minimum atomic E-state index is -5.16. The molecule has 2 aromatic carbocycles. The quantitative estimate of drug-likeness (QED) is 0.806. The van der Waals surface area contributed by atoms with Crippen molar-refractivity contribution in [2.45, 2.75) is 25.2 Å². The molecule has 2 aromatic rings. The molecule has 1 amide bonds. The van der Waals surface area contributed by atoms with Crippen LogP contribution in [0.25, 0.3) is 0 Å². The third-order valence-corrected chi connectivity index (χ3v) is 4.30. The summed E-state index contributed by atoms with van der Waals surface area (Å²) < 4.78 is 58.9. The van der Waals surface area contributed by atoms with Gasteiger partial charge in [0.25, 0.3) is 11.6 Å². The molecule has 1 aliphatic heterocycles. The van der Waals surface area contributed by atoms with Crippen LogP contribution >= 0.6 is 0 Å². The molecule has 0 radical (unpaired) electrons. The molecule has 5 nitrogen and oxygen atoms in total. The van der Waals surface area contributed by atoms with Crippen molar-refractivity contribution in [2.24, 2.45) is 5.10 Å². The number of alkyl halides is 3. The van der Waals surface area contributed by atoms with Gasteiger partial charge in [0, 0.05) is 0 Å². The average molecular weight is 396 g/mol. The third kappa shape index (κ3) is 3.70. The van der Waals surface area contributed by atoms with Crippen LogP contribution in [0.5, 0.6) is 5.75 Å². The number of halogens is 4. The largest absolute Gasteiger partial charge is 0.483 e. The number of benzene rings is 2. The van der Waals surface area contributed by atoms with E-state index in [1.807, 2.05) is 0 Å². The van der Waals surface area contributed by atoms with Crippen LogP contribution in [-0.4, -0.2) is 40.2 Å². The number of amides is 1. The minimum absolute atomic E-state index is 0.00996. The molecular weight excluding hydrogens is 380 g/mol. The number of ether oxygens (including phenoxy) is 1. The van der Waals surface area contributed by atoms with Crippen LogP contribution in [-0.2, 0) is 4.79 Å². The van der Waals surface area contributed by atoms with Gasteiger partial charge in [-0.05, 0) is 36.2 Å². The molecule has 0 aliphatic carbocycles. The van der Waals surface area contributed by atoms with Crippen molar-refractivity contribution in [1.82, 2.24) is 5.01 Å². The molecule has 28 heavy (non-hydrogen) atoms. The van der Waals surface area contributed by atoms with Crippen LogP contribution in [0.1, 0.15) is 17.5 Å². The van der Waals surface area contributed by atoms with Gasteiger partial charge in [0.2, 0.25) is 0 Å². The maximum atomic E-state index is 13.5. The molecule has 1 aliphatic rings. The van der Waals surface area contributed by atoms with E-state index >= 15 is 0 Å². The molecule has 1 N–H and O–H groups in total. The van der Waals surface area contributed by atoms with Crippen LogP contribution < -0.4 is 4.74 Å². The zero-order valence-corrected chi connectivity index (χ0v) is 14.7. The zero-order valence-electron chi connectivity index (χ0n) is 14.7. The van der Waals surface area contributed by atoms with E-state index in [4.69, 9.17) is 4.74 Å². The fourth-order valence-corrected chi connectivity index (χ4v) is 2.75. The monoisotopic (exact) mass is 396 g/mol. The summed E-state index contributed by atoms with van der Waals surface area (Å²) in [4.78, 5) is 12.4. The van der Waals surface area contributed by atoms with Crippen LogP contribution in [0, 0.1) is 12.7 Å². The number of carbonyl (C=O) groups is 1. The smallest absolute Gasteiger partial charge is 0.438 e. The Bertz CT molecular complexity index is 912. The maximum absolute atomic E-state index is 13.5. The lowest BCUT2D eigenvalue weighted by molar-refractivity contribution is -0.302. The third-order valence-electron chi connectivity index (χ3n) is 4.30. The van der Waals surface area contributed by atoms with Gasteiger partial charge in [-0.1, -0.05) is 30.3 Å². The molecule has 1 atom stereocenters. The fourth-order valence-electron chi connectivity index (χ4n) is 2.75. The molecule has 148 valence electrons. The molecule has 0 aromatic heterocycles. The minimum Gasteiger partial charge on any atom is -0.483 e. The fraction of sp³-hybridized carbons (Fsp3) is 0.263. The summed E-state index contributed by atoms with van der Waals surface area (Å²) in [7, 11) is 0. The molecule has 0 fully saturated rings. The van der Waals surface area contributed by atoms with Gasteiger partial charge >= 0.3 is 6.18 Å². The first-order chi connectivity index (χ1) is 13.1. The number of hydrogen-bond acceptors (Lipinski definition) is 4. The lowest BCUT2D eigenvalue weighted by Crippen LogP contribution is -2.57. The first-order valence-corrected chi connectivity index (χ1v) is 8.26. The van der Waals surface area contributed by atoms with Gasteiger partial charge in [-0.3, -0.25) is 4.79 Å². The van der Waals surface area contributed by atoms with E-state index in [2.05, 4.69) is 5.10 Å². The molecule has 0 bridgehead atoms. The van der Waals surface area contributed by atoms with E-state index < -0.39 is 36.7 Å². The SMILES string of the molecule is Cc1ccccc1OCC(=O)N1N=C(c2ccc(F)cc2)C[C@]1(O)C(F)(F)F. The highest BCUT2D eigenvalue weighted by Crippen LogP contribution is 2.41. The van der Waals surface area contributed by atoms with Gasteiger partial charge in [-0.15, -0.1) is 0 Å². The Morgan fingerprint density at radius 3 is 2.46 bits per heavy atom. The standard InChI is InChI=1S/C19H16F4N2O3/c1-12-4-2-3-5-16(12)28-11-17(26)25-18(27,19(21,22)23)10-15(24-25)13-6-8-14(20)9-7-13/h2-9,27H,10-11H2,1H3/t18-/m0/s1. The Morgan fingerprint density at radius 1 is 1.21 bits per heavy atom. The Kier molecular flexibility index (Phi) is 5.12. The van der Waals surface area contributed by atoms with Crippen LogP contribution in [0.2, 0.25) is 0 Å². The van der Waals surface area contributed by atoms with E-state index in [0.29, 0.717) is 11.3 Å².